The Morgan fingerprint density at radius 3 is 2.50 bits per heavy atom. The number of carbonyl (C=O) groups excluding carboxylic acids is 2. The molecule has 1 saturated carbocycles. The first-order chi connectivity index (χ1) is 14.5. The Morgan fingerprint density at radius 2 is 1.80 bits per heavy atom. The van der Waals surface area contributed by atoms with Gasteiger partial charge in [0.1, 0.15) is 11.9 Å². The van der Waals surface area contributed by atoms with E-state index in [-0.39, 0.29) is 18.0 Å². The summed E-state index contributed by atoms with van der Waals surface area (Å²) in [5.74, 6) is 0.353. The fraction of sp³-hybridized carbons (Fsp3) is 0.417. The van der Waals surface area contributed by atoms with Crippen LogP contribution in [0.4, 0.5) is 5.69 Å². The number of halogens is 1. The minimum atomic E-state index is -0.297. The highest BCUT2D eigenvalue weighted by atomic mass is 35.5. The van der Waals surface area contributed by atoms with Crippen LogP contribution in [-0.2, 0) is 9.53 Å². The van der Waals surface area contributed by atoms with Crippen molar-refractivity contribution in [2.24, 2.45) is 0 Å². The Hall–Kier alpha value is -2.53. The molecule has 2 aromatic rings. The van der Waals surface area contributed by atoms with Gasteiger partial charge in [0.25, 0.3) is 0 Å². The monoisotopic (exact) mass is 429 g/mol. The standard InChI is InChI=1S/C24H28ClNO4/c1-17-16-21(13-14-22(17)25)29-15-5-8-23(27)26-19-11-9-18(10-12-19)24(28)30-20-6-3-2-4-7-20/h9-14,16,20H,2-8,15H2,1H3,(H,26,27). The van der Waals surface area contributed by atoms with E-state index in [1.165, 1.54) is 6.42 Å². The van der Waals surface area contributed by atoms with Crippen LogP contribution in [0, 0.1) is 6.92 Å². The number of carbonyl (C=O) groups is 2. The van der Waals surface area contributed by atoms with Crippen molar-refractivity contribution >= 4 is 29.2 Å². The molecule has 0 saturated heterocycles. The van der Waals surface area contributed by atoms with Crippen LogP contribution in [0.15, 0.2) is 42.5 Å². The van der Waals surface area contributed by atoms with Gasteiger partial charge in [-0.25, -0.2) is 4.79 Å². The van der Waals surface area contributed by atoms with Gasteiger partial charge in [-0.15, -0.1) is 0 Å². The summed E-state index contributed by atoms with van der Waals surface area (Å²) >= 11 is 6.00. The average Bonchev–Trinajstić information content (AvgIpc) is 2.75. The Balaban J connectivity index is 1.38. The van der Waals surface area contributed by atoms with Crippen molar-refractivity contribution in [1.82, 2.24) is 0 Å². The molecule has 1 fully saturated rings. The van der Waals surface area contributed by atoms with E-state index in [0.29, 0.717) is 35.7 Å². The SMILES string of the molecule is Cc1cc(OCCCC(=O)Nc2ccc(C(=O)OC3CCCCC3)cc2)ccc1Cl. The van der Waals surface area contributed by atoms with E-state index in [1.54, 1.807) is 30.3 Å². The van der Waals surface area contributed by atoms with Crippen molar-refractivity contribution in [2.45, 2.75) is 58.0 Å². The maximum atomic E-state index is 12.2. The quantitative estimate of drug-likeness (QED) is 0.417. The number of amides is 1. The Labute approximate surface area is 182 Å². The maximum absolute atomic E-state index is 12.2. The van der Waals surface area contributed by atoms with Crippen LogP contribution < -0.4 is 10.1 Å². The van der Waals surface area contributed by atoms with E-state index in [0.717, 1.165) is 37.0 Å². The van der Waals surface area contributed by atoms with Crippen molar-refractivity contribution in [2.75, 3.05) is 11.9 Å². The molecule has 30 heavy (non-hydrogen) atoms. The topological polar surface area (TPSA) is 64.6 Å². The molecule has 1 amide bonds. The highest BCUT2D eigenvalue weighted by Gasteiger charge is 2.18. The van der Waals surface area contributed by atoms with E-state index in [4.69, 9.17) is 21.1 Å². The van der Waals surface area contributed by atoms with Crippen molar-refractivity contribution in [3.63, 3.8) is 0 Å². The van der Waals surface area contributed by atoms with Crippen LogP contribution in [-0.4, -0.2) is 24.6 Å². The molecule has 0 radical (unpaired) electrons. The third kappa shape index (κ3) is 6.77. The lowest BCUT2D eigenvalue weighted by Crippen LogP contribution is -2.21. The number of benzene rings is 2. The first kappa shape index (κ1) is 22.2. The molecule has 0 aromatic heterocycles. The maximum Gasteiger partial charge on any atom is 0.338 e. The zero-order valence-corrected chi connectivity index (χ0v) is 18.0. The fourth-order valence-corrected chi connectivity index (χ4v) is 3.56. The molecule has 6 heteroatoms. The van der Waals surface area contributed by atoms with Crippen LogP contribution >= 0.6 is 11.6 Å². The van der Waals surface area contributed by atoms with E-state index >= 15 is 0 Å². The van der Waals surface area contributed by atoms with Gasteiger partial charge in [-0.2, -0.15) is 0 Å². The van der Waals surface area contributed by atoms with Gasteiger partial charge >= 0.3 is 5.97 Å². The number of rotatable bonds is 8. The summed E-state index contributed by atoms with van der Waals surface area (Å²) < 4.78 is 11.2. The highest BCUT2D eigenvalue weighted by Crippen LogP contribution is 2.22. The summed E-state index contributed by atoms with van der Waals surface area (Å²) in [6, 6.07) is 12.3. The lowest BCUT2D eigenvalue weighted by atomic mass is 9.98. The van der Waals surface area contributed by atoms with Gasteiger partial charge in [0.05, 0.1) is 12.2 Å². The summed E-state index contributed by atoms with van der Waals surface area (Å²) in [7, 11) is 0. The molecule has 1 aliphatic rings. The number of esters is 1. The fourth-order valence-electron chi connectivity index (χ4n) is 3.45. The Morgan fingerprint density at radius 1 is 1.07 bits per heavy atom. The van der Waals surface area contributed by atoms with Crippen molar-refractivity contribution in [3.8, 4) is 5.75 Å². The molecule has 3 rings (SSSR count). The van der Waals surface area contributed by atoms with Gasteiger partial charge in [-0.1, -0.05) is 18.0 Å². The smallest absolute Gasteiger partial charge is 0.338 e. The van der Waals surface area contributed by atoms with E-state index in [9.17, 15) is 9.59 Å². The summed E-state index contributed by atoms with van der Waals surface area (Å²) in [6.07, 6.45) is 6.32. The third-order valence-corrected chi connectivity index (χ3v) is 5.60. The molecule has 1 N–H and O–H groups in total. The van der Waals surface area contributed by atoms with Crippen molar-refractivity contribution < 1.29 is 19.1 Å². The summed E-state index contributed by atoms with van der Waals surface area (Å²) in [5, 5.41) is 3.54. The summed E-state index contributed by atoms with van der Waals surface area (Å²) in [4.78, 5) is 24.4. The van der Waals surface area contributed by atoms with E-state index in [2.05, 4.69) is 5.32 Å². The molecule has 2 aromatic carbocycles. The minimum Gasteiger partial charge on any atom is -0.494 e. The molecule has 0 aliphatic heterocycles. The Bertz CT molecular complexity index is 860. The summed E-state index contributed by atoms with van der Waals surface area (Å²) in [6.45, 7) is 2.37. The first-order valence-corrected chi connectivity index (χ1v) is 10.9. The van der Waals surface area contributed by atoms with Gasteiger partial charge in [0.2, 0.25) is 5.91 Å². The normalized spacial score (nSPS) is 14.2. The van der Waals surface area contributed by atoms with Crippen LogP contribution in [0.1, 0.15) is 60.9 Å². The number of aryl methyl sites for hydroxylation is 1. The van der Waals surface area contributed by atoms with Crippen LogP contribution in [0.25, 0.3) is 0 Å². The number of hydrogen-bond donors (Lipinski definition) is 1. The molecule has 0 unspecified atom stereocenters. The number of nitrogens with one attached hydrogen (secondary N) is 1. The molecular formula is C24H28ClNO4. The molecule has 1 aliphatic carbocycles. The second-order valence-corrected chi connectivity index (χ2v) is 8.06. The lowest BCUT2D eigenvalue weighted by molar-refractivity contribution is -0.116. The van der Waals surface area contributed by atoms with Crippen LogP contribution in [0.5, 0.6) is 5.75 Å². The molecule has 0 atom stereocenters. The summed E-state index contributed by atoms with van der Waals surface area (Å²) in [5.41, 5.74) is 2.12. The van der Waals surface area contributed by atoms with Crippen LogP contribution in [0.3, 0.4) is 0 Å². The Kier molecular flexibility index (Phi) is 8.14. The van der Waals surface area contributed by atoms with Crippen LogP contribution in [0.2, 0.25) is 5.02 Å². The van der Waals surface area contributed by atoms with Crippen molar-refractivity contribution in [3.05, 3.63) is 58.6 Å². The lowest BCUT2D eigenvalue weighted by Gasteiger charge is -2.21. The van der Waals surface area contributed by atoms with Gasteiger partial charge in [-0.3, -0.25) is 4.79 Å². The van der Waals surface area contributed by atoms with Gasteiger partial charge in [0.15, 0.2) is 0 Å². The van der Waals surface area contributed by atoms with Gasteiger partial charge in [-0.05, 0) is 87.1 Å². The van der Waals surface area contributed by atoms with Gasteiger partial charge in [0, 0.05) is 17.1 Å². The van der Waals surface area contributed by atoms with Gasteiger partial charge < -0.3 is 14.8 Å². The van der Waals surface area contributed by atoms with E-state index in [1.807, 2.05) is 19.1 Å². The predicted octanol–water partition coefficient (Wildman–Crippen LogP) is 5.94. The molecule has 160 valence electrons. The van der Waals surface area contributed by atoms with E-state index < -0.39 is 0 Å². The highest BCUT2D eigenvalue weighted by molar-refractivity contribution is 6.31. The molecule has 5 nitrogen and oxygen atoms in total. The second kappa shape index (κ2) is 11.0. The van der Waals surface area contributed by atoms with Crippen molar-refractivity contribution in [1.29, 1.82) is 0 Å². The predicted molar refractivity (Wildman–Crippen MR) is 118 cm³/mol. The zero-order valence-electron chi connectivity index (χ0n) is 17.3. The zero-order chi connectivity index (χ0) is 21.3. The largest absolute Gasteiger partial charge is 0.494 e. The molecular weight excluding hydrogens is 402 g/mol. The number of anilines is 1. The minimum absolute atomic E-state index is 0.0321. The molecule has 0 bridgehead atoms. The molecule has 0 spiro atoms. The third-order valence-electron chi connectivity index (χ3n) is 5.18. The number of ether oxygens (including phenoxy) is 2. The average molecular weight is 430 g/mol. The first-order valence-electron chi connectivity index (χ1n) is 10.5. The molecule has 0 heterocycles. The second-order valence-electron chi connectivity index (χ2n) is 7.65. The number of hydrogen-bond acceptors (Lipinski definition) is 4.